The second kappa shape index (κ2) is 8.44. The average Bonchev–Trinajstić information content (AvgIpc) is 2.66. The highest BCUT2D eigenvalue weighted by Crippen LogP contribution is 2.29. The van der Waals surface area contributed by atoms with Crippen molar-refractivity contribution in [2.45, 2.75) is 26.1 Å². The van der Waals surface area contributed by atoms with Gasteiger partial charge >= 0.3 is 5.69 Å². The van der Waals surface area contributed by atoms with Crippen molar-refractivity contribution in [1.82, 2.24) is 0 Å². The summed E-state index contributed by atoms with van der Waals surface area (Å²) in [5.41, 5.74) is 0.434. The van der Waals surface area contributed by atoms with E-state index in [0.717, 1.165) is 6.07 Å². The van der Waals surface area contributed by atoms with Crippen molar-refractivity contribution < 1.29 is 23.6 Å². The maximum absolute atomic E-state index is 14.7. The van der Waals surface area contributed by atoms with E-state index in [9.17, 15) is 19.3 Å². The lowest BCUT2D eigenvalue weighted by atomic mass is 10.1. The van der Waals surface area contributed by atoms with E-state index in [-0.39, 0.29) is 34.9 Å². The quantitative estimate of drug-likeness (QED) is 0.606. The fourth-order valence-corrected chi connectivity index (χ4v) is 3.39. The van der Waals surface area contributed by atoms with Gasteiger partial charge in [0.2, 0.25) is 0 Å². The number of nitrogens with zero attached hydrogens (tertiary/aromatic N) is 2. The highest BCUT2D eigenvalue weighted by Gasteiger charge is 2.24. The molecule has 0 spiro atoms. The fourth-order valence-electron chi connectivity index (χ4n) is 3.39. The SMILES string of the molecule is COc1ccc(C(=O)Nc2ccc(N3C[C@@H](C)O[C@@H](C)C3)c(F)c2)cc1[N+](=O)[O-]. The van der Waals surface area contributed by atoms with Crippen LogP contribution in [0.25, 0.3) is 0 Å². The summed E-state index contributed by atoms with van der Waals surface area (Å²) in [5, 5.41) is 13.7. The molecule has 0 radical (unpaired) electrons. The Bertz CT molecular complexity index is 926. The lowest BCUT2D eigenvalue weighted by Crippen LogP contribution is -2.45. The maximum Gasteiger partial charge on any atom is 0.311 e. The molecule has 0 bridgehead atoms. The van der Waals surface area contributed by atoms with Crippen LogP contribution >= 0.6 is 0 Å². The number of nitro groups is 1. The molecule has 0 aromatic heterocycles. The van der Waals surface area contributed by atoms with Crippen molar-refractivity contribution in [3.63, 3.8) is 0 Å². The molecular formula is C20H22FN3O5. The highest BCUT2D eigenvalue weighted by atomic mass is 19.1. The number of benzene rings is 2. The third-order valence-electron chi connectivity index (χ3n) is 4.60. The minimum atomic E-state index is -0.631. The molecule has 1 aliphatic rings. The van der Waals surface area contributed by atoms with Crippen LogP contribution in [0.5, 0.6) is 5.75 Å². The molecule has 0 aliphatic carbocycles. The average molecular weight is 403 g/mol. The first-order valence-electron chi connectivity index (χ1n) is 9.12. The number of hydrogen-bond acceptors (Lipinski definition) is 6. The molecule has 9 heteroatoms. The molecule has 1 saturated heterocycles. The van der Waals surface area contributed by atoms with Crippen LogP contribution < -0.4 is 15.0 Å². The van der Waals surface area contributed by atoms with E-state index in [1.807, 2.05) is 18.7 Å². The van der Waals surface area contributed by atoms with Crippen LogP contribution in [0.3, 0.4) is 0 Å². The molecule has 3 rings (SSSR count). The van der Waals surface area contributed by atoms with Crippen LogP contribution in [0, 0.1) is 15.9 Å². The smallest absolute Gasteiger partial charge is 0.311 e. The minimum absolute atomic E-state index is 0.0107. The zero-order chi connectivity index (χ0) is 21.1. The van der Waals surface area contributed by atoms with Crippen LogP contribution in [-0.2, 0) is 4.74 Å². The molecule has 29 heavy (non-hydrogen) atoms. The zero-order valence-electron chi connectivity index (χ0n) is 16.3. The maximum atomic E-state index is 14.7. The van der Waals surface area contributed by atoms with Gasteiger partial charge in [0, 0.05) is 30.4 Å². The number of anilines is 2. The van der Waals surface area contributed by atoms with E-state index in [0.29, 0.717) is 18.8 Å². The van der Waals surface area contributed by atoms with E-state index in [2.05, 4.69) is 5.32 Å². The Morgan fingerprint density at radius 2 is 1.93 bits per heavy atom. The van der Waals surface area contributed by atoms with Crippen molar-refractivity contribution in [3.05, 3.63) is 57.9 Å². The molecule has 2 aromatic carbocycles. The number of amides is 1. The van der Waals surface area contributed by atoms with Gasteiger partial charge in [-0.2, -0.15) is 0 Å². The van der Waals surface area contributed by atoms with Crippen molar-refractivity contribution in [3.8, 4) is 5.75 Å². The van der Waals surface area contributed by atoms with Gasteiger partial charge in [-0.05, 0) is 44.2 Å². The number of ether oxygens (including phenoxy) is 2. The Kier molecular flexibility index (Phi) is 5.97. The number of hydrogen-bond donors (Lipinski definition) is 1. The summed E-state index contributed by atoms with van der Waals surface area (Å²) in [6.07, 6.45) is -0.0215. The van der Waals surface area contributed by atoms with Crippen LogP contribution in [-0.4, -0.2) is 43.2 Å². The second-order valence-electron chi connectivity index (χ2n) is 6.93. The standard InChI is InChI=1S/C20H22FN3O5/c1-12-10-23(11-13(2)29-12)17-6-5-15(9-16(17)21)22-20(25)14-4-7-19(28-3)18(8-14)24(26)27/h4-9,12-13H,10-11H2,1-3H3,(H,22,25)/t12-,13+. The third-order valence-corrected chi connectivity index (χ3v) is 4.60. The monoisotopic (exact) mass is 403 g/mol. The molecule has 1 fully saturated rings. The molecule has 0 saturated carbocycles. The van der Waals surface area contributed by atoms with Gasteiger partial charge in [-0.1, -0.05) is 0 Å². The summed E-state index contributed by atoms with van der Waals surface area (Å²) in [5.74, 6) is -1.00. The molecule has 1 heterocycles. The van der Waals surface area contributed by atoms with Crippen molar-refractivity contribution >= 4 is 23.0 Å². The van der Waals surface area contributed by atoms with Gasteiger partial charge in [-0.25, -0.2) is 4.39 Å². The van der Waals surface area contributed by atoms with Crippen molar-refractivity contribution in [2.24, 2.45) is 0 Å². The third kappa shape index (κ3) is 4.62. The topological polar surface area (TPSA) is 93.9 Å². The minimum Gasteiger partial charge on any atom is -0.490 e. The zero-order valence-corrected chi connectivity index (χ0v) is 16.3. The largest absolute Gasteiger partial charge is 0.490 e. The molecule has 0 unspecified atom stereocenters. The number of carbonyl (C=O) groups is 1. The number of methoxy groups -OCH3 is 1. The summed E-state index contributed by atoms with van der Waals surface area (Å²) in [6.45, 7) is 5.01. The molecule has 2 aromatic rings. The lowest BCUT2D eigenvalue weighted by molar-refractivity contribution is -0.385. The fraction of sp³-hybridized carbons (Fsp3) is 0.350. The first kappa shape index (κ1) is 20.5. The van der Waals surface area contributed by atoms with Gasteiger partial charge < -0.3 is 19.7 Å². The van der Waals surface area contributed by atoms with Crippen molar-refractivity contribution in [1.29, 1.82) is 0 Å². The number of carbonyl (C=O) groups excluding carboxylic acids is 1. The first-order valence-corrected chi connectivity index (χ1v) is 9.12. The van der Waals surface area contributed by atoms with E-state index in [1.165, 1.54) is 25.3 Å². The van der Waals surface area contributed by atoms with E-state index in [1.54, 1.807) is 12.1 Å². The number of nitrogens with one attached hydrogen (secondary N) is 1. The van der Waals surface area contributed by atoms with Crippen LogP contribution in [0.2, 0.25) is 0 Å². The van der Waals surface area contributed by atoms with Gasteiger partial charge in [-0.3, -0.25) is 14.9 Å². The summed E-state index contributed by atoms with van der Waals surface area (Å²) >= 11 is 0. The van der Waals surface area contributed by atoms with Gasteiger partial charge in [0.05, 0.1) is 29.9 Å². The molecule has 2 atom stereocenters. The van der Waals surface area contributed by atoms with E-state index in [4.69, 9.17) is 9.47 Å². The van der Waals surface area contributed by atoms with Crippen LogP contribution in [0.15, 0.2) is 36.4 Å². The lowest BCUT2D eigenvalue weighted by Gasteiger charge is -2.37. The molecular weight excluding hydrogens is 381 g/mol. The Morgan fingerprint density at radius 1 is 1.24 bits per heavy atom. The van der Waals surface area contributed by atoms with Gasteiger partial charge in [0.25, 0.3) is 5.91 Å². The summed E-state index contributed by atoms with van der Waals surface area (Å²) in [6, 6.07) is 8.30. The van der Waals surface area contributed by atoms with Crippen LogP contribution in [0.4, 0.5) is 21.5 Å². The summed E-state index contributed by atoms with van der Waals surface area (Å²) in [7, 11) is 1.31. The number of morpholine rings is 1. The Morgan fingerprint density at radius 3 is 2.52 bits per heavy atom. The van der Waals surface area contributed by atoms with Crippen LogP contribution in [0.1, 0.15) is 24.2 Å². The predicted molar refractivity (Wildman–Crippen MR) is 106 cm³/mol. The van der Waals surface area contributed by atoms with Crippen molar-refractivity contribution in [2.75, 3.05) is 30.4 Å². The molecule has 154 valence electrons. The normalized spacial score (nSPS) is 19.0. The number of rotatable bonds is 5. The Balaban J connectivity index is 1.77. The molecule has 1 aliphatic heterocycles. The van der Waals surface area contributed by atoms with Gasteiger partial charge in [0.1, 0.15) is 5.82 Å². The van der Waals surface area contributed by atoms with E-state index < -0.39 is 16.6 Å². The highest BCUT2D eigenvalue weighted by molar-refractivity contribution is 6.04. The van der Waals surface area contributed by atoms with Gasteiger partial charge in [-0.15, -0.1) is 0 Å². The molecule has 1 amide bonds. The predicted octanol–water partition coefficient (Wildman–Crippen LogP) is 3.61. The van der Waals surface area contributed by atoms with E-state index >= 15 is 0 Å². The Labute approximate surface area is 167 Å². The molecule has 8 nitrogen and oxygen atoms in total. The number of halogens is 1. The summed E-state index contributed by atoms with van der Waals surface area (Å²) in [4.78, 5) is 24.9. The first-order chi connectivity index (χ1) is 13.8. The Hall–Kier alpha value is -3.20. The summed E-state index contributed by atoms with van der Waals surface area (Å²) < 4.78 is 25.3. The second-order valence-corrected chi connectivity index (χ2v) is 6.93. The number of nitro benzene ring substituents is 1. The molecule has 1 N–H and O–H groups in total. The van der Waals surface area contributed by atoms with Gasteiger partial charge in [0.15, 0.2) is 5.75 Å².